The molecule has 1 aromatic rings. The molecule has 0 spiro atoms. The minimum atomic E-state index is -2.91. The van der Waals surface area contributed by atoms with E-state index >= 15 is 0 Å². The average molecular weight is 333 g/mol. The van der Waals surface area contributed by atoms with Crippen molar-refractivity contribution in [1.29, 1.82) is 0 Å². The third kappa shape index (κ3) is 4.22. The van der Waals surface area contributed by atoms with Gasteiger partial charge < -0.3 is 4.90 Å². The SMILES string of the molecule is O=C(CC1CCS(=O)(=O)C1)N1CCCC1/C=C/c1ccccc1. The molecule has 2 aliphatic rings. The van der Waals surface area contributed by atoms with E-state index in [0.717, 1.165) is 24.9 Å². The van der Waals surface area contributed by atoms with Crippen molar-refractivity contribution in [2.45, 2.75) is 31.7 Å². The van der Waals surface area contributed by atoms with Crippen LogP contribution in [-0.2, 0) is 14.6 Å². The molecular formula is C18H23NO3S. The number of carbonyl (C=O) groups is 1. The molecule has 0 bridgehead atoms. The first kappa shape index (κ1) is 16.2. The van der Waals surface area contributed by atoms with E-state index in [1.54, 1.807) is 0 Å². The largest absolute Gasteiger partial charge is 0.336 e. The molecule has 2 aliphatic heterocycles. The van der Waals surface area contributed by atoms with Crippen LogP contribution in [-0.4, -0.2) is 43.3 Å². The van der Waals surface area contributed by atoms with Crippen LogP contribution in [0, 0.1) is 5.92 Å². The van der Waals surface area contributed by atoms with E-state index in [1.807, 2.05) is 35.2 Å². The highest BCUT2D eigenvalue weighted by Gasteiger charge is 2.33. The lowest BCUT2D eigenvalue weighted by atomic mass is 10.0. The maximum Gasteiger partial charge on any atom is 0.223 e. The van der Waals surface area contributed by atoms with Crippen molar-refractivity contribution in [2.24, 2.45) is 5.92 Å². The van der Waals surface area contributed by atoms with Crippen LogP contribution < -0.4 is 0 Å². The van der Waals surface area contributed by atoms with E-state index in [9.17, 15) is 13.2 Å². The minimum Gasteiger partial charge on any atom is -0.336 e. The van der Waals surface area contributed by atoms with Crippen LogP contribution in [0.3, 0.4) is 0 Å². The Balaban J connectivity index is 1.60. The van der Waals surface area contributed by atoms with Crippen LogP contribution >= 0.6 is 0 Å². The van der Waals surface area contributed by atoms with Crippen molar-refractivity contribution >= 4 is 21.8 Å². The maximum absolute atomic E-state index is 12.5. The molecule has 124 valence electrons. The molecular weight excluding hydrogens is 310 g/mol. The van der Waals surface area contributed by atoms with Crippen LogP contribution in [0.4, 0.5) is 0 Å². The molecule has 2 heterocycles. The zero-order valence-electron chi connectivity index (χ0n) is 13.2. The highest BCUT2D eigenvalue weighted by molar-refractivity contribution is 7.91. The molecule has 0 aliphatic carbocycles. The average Bonchev–Trinajstić information content (AvgIpc) is 3.12. The van der Waals surface area contributed by atoms with Gasteiger partial charge in [-0.15, -0.1) is 0 Å². The van der Waals surface area contributed by atoms with Gasteiger partial charge in [0.05, 0.1) is 17.5 Å². The Labute approximate surface area is 138 Å². The Morgan fingerprint density at radius 3 is 2.70 bits per heavy atom. The fraction of sp³-hybridized carbons (Fsp3) is 0.500. The van der Waals surface area contributed by atoms with Crippen molar-refractivity contribution in [3.8, 4) is 0 Å². The summed E-state index contributed by atoms with van der Waals surface area (Å²) < 4.78 is 23.1. The Kier molecular flexibility index (Phi) is 4.85. The lowest BCUT2D eigenvalue weighted by molar-refractivity contribution is -0.132. The molecule has 2 fully saturated rings. The van der Waals surface area contributed by atoms with E-state index in [-0.39, 0.29) is 29.4 Å². The first-order valence-corrected chi connectivity index (χ1v) is 10.1. The Morgan fingerprint density at radius 1 is 1.22 bits per heavy atom. The van der Waals surface area contributed by atoms with Gasteiger partial charge in [0.15, 0.2) is 9.84 Å². The van der Waals surface area contributed by atoms with E-state index in [4.69, 9.17) is 0 Å². The summed E-state index contributed by atoms with van der Waals surface area (Å²) in [6.07, 6.45) is 7.17. The molecule has 4 nitrogen and oxygen atoms in total. The number of hydrogen-bond acceptors (Lipinski definition) is 3. The van der Waals surface area contributed by atoms with Gasteiger partial charge in [-0.3, -0.25) is 4.79 Å². The van der Waals surface area contributed by atoms with Gasteiger partial charge in [-0.25, -0.2) is 8.42 Å². The van der Waals surface area contributed by atoms with Crippen LogP contribution in [0.15, 0.2) is 36.4 Å². The Bertz CT molecular complexity index is 681. The van der Waals surface area contributed by atoms with Crippen molar-refractivity contribution < 1.29 is 13.2 Å². The van der Waals surface area contributed by atoms with E-state index in [0.29, 0.717) is 12.8 Å². The molecule has 5 heteroatoms. The lowest BCUT2D eigenvalue weighted by Crippen LogP contribution is -2.35. The smallest absolute Gasteiger partial charge is 0.223 e. The summed E-state index contributed by atoms with van der Waals surface area (Å²) in [4.78, 5) is 14.5. The molecule has 2 atom stereocenters. The van der Waals surface area contributed by atoms with Crippen molar-refractivity contribution in [3.63, 3.8) is 0 Å². The summed E-state index contributed by atoms with van der Waals surface area (Å²) in [6, 6.07) is 10.2. The summed E-state index contributed by atoms with van der Waals surface area (Å²) in [6.45, 7) is 0.780. The Morgan fingerprint density at radius 2 is 2.00 bits per heavy atom. The summed E-state index contributed by atoms with van der Waals surface area (Å²) in [5, 5.41) is 0. The molecule has 0 aromatic heterocycles. The van der Waals surface area contributed by atoms with Gasteiger partial charge in [-0.1, -0.05) is 42.5 Å². The number of likely N-dealkylation sites (tertiary alicyclic amines) is 1. The zero-order chi connectivity index (χ0) is 16.3. The number of hydrogen-bond donors (Lipinski definition) is 0. The normalized spacial score (nSPS) is 26.9. The molecule has 1 amide bonds. The van der Waals surface area contributed by atoms with Gasteiger partial charge in [0, 0.05) is 13.0 Å². The fourth-order valence-electron chi connectivity index (χ4n) is 3.49. The van der Waals surface area contributed by atoms with Crippen molar-refractivity contribution in [1.82, 2.24) is 4.90 Å². The van der Waals surface area contributed by atoms with Gasteiger partial charge in [0.1, 0.15) is 0 Å². The zero-order valence-corrected chi connectivity index (χ0v) is 14.0. The van der Waals surface area contributed by atoms with Crippen LogP contribution in [0.1, 0.15) is 31.2 Å². The Hall–Kier alpha value is -1.62. The van der Waals surface area contributed by atoms with Gasteiger partial charge in [0.2, 0.25) is 5.91 Å². The summed E-state index contributed by atoms with van der Waals surface area (Å²) in [7, 11) is -2.91. The van der Waals surface area contributed by atoms with Crippen molar-refractivity contribution in [3.05, 3.63) is 42.0 Å². The first-order chi connectivity index (χ1) is 11.0. The predicted molar refractivity (Wildman–Crippen MR) is 91.6 cm³/mol. The second-order valence-corrected chi connectivity index (χ2v) is 8.77. The van der Waals surface area contributed by atoms with Crippen LogP contribution in [0.5, 0.6) is 0 Å². The molecule has 23 heavy (non-hydrogen) atoms. The van der Waals surface area contributed by atoms with E-state index in [2.05, 4.69) is 12.2 Å². The standard InChI is InChI=1S/C18H23NO3S/c20-18(13-16-10-12-23(21,22)14-16)19-11-4-7-17(19)9-8-15-5-2-1-3-6-15/h1-3,5-6,8-9,16-17H,4,7,10-14H2/b9-8+. The summed E-state index contributed by atoms with van der Waals surface area (Å²) >= 11 is 0. The third-order valence-corrected chi connectivity index (χ3v) is 6.56. The molecule has 0 saturated carbocycles. The molecule has 0 N–H and O–H groups in total. The fourth-order valence-corrected chi connectivity index (χ4v) is 5.35. The second-order valence-electron chi connectivity index (χ2n) is 6.54. The van der Waals surface area contributed by atoms with Crippen molar-refractivity contribution in [2.75, 3.05) is 18.1 Å². The molecule has 3 rings (SSSR count). The van der Waals surface area contributed by atoms with Gasteiger partial charge in [-0.2, -0.15) is 0 Å². The quantitative estimate of drug-likeness (QED) is 0.851. The molecule has 2 unspecified atom stereocenters. The van der Waals surface area contributed by atoms with Crippen LogP contribution in [0.25, 0.3) is 6.08 Å². The van der Waals surface area contributed by atoms with Gasteiger partial charge in [-0.05, 0) is 30.7 Å². The minimum absolute atomic E-state index is 0.00635. The number of amides is 1. The molecule has 0 radical (unpaired) electrons. The topological polar surface area (TPSA) is 54.5 Å². The van der Waals surface area contributed by atoms with E-state index in [1.165, 1.54) is 0 Å². The molecule has 2 saturated heterocycles. The molecule has 1 aromatic carbocycles. The maximum atomic E-state index is 12.5. The highest BCUT2D eigenvalue weighted by Crippen LogP contribution is 2.26. The predicted octanol–water partition coefficient (Wildman–Crippen LogP) is 2.52. The number of sulfone groups is 1. The van der Waals surface area contributed by atoms with Gasteiger partial charge >= 0.3 is 0 Å². The summed E-state index contributed by atoms with van der Waals surface area (Å²) in [5.41, 5.74) is 1.13. The first-order valence-electron chi connectivity index (χ1n) is 8.27. The lowest BCUT2D eigenvalue weighted by Gasteiger charge is -2.23. The number of rotatable bonds is 4. The monoisotopic (exact) mass is 333 g/mol. The third-order valence-electron chi connectivity index (χ3n) is 4.72. The highest BCUT2D eigenvalue weighted by atomic mass is 32.2. The van der Waals surface area contributed by atoms with E-state index < -0.39 is 9.84 Å². The summed E-state index contributed by atoms with van der Waals surface area (Å²) in [5.74, 6) is 0.526. The number of nitrogens with zero attached hydrogens (tertiary/aromatic N) is 1. The number of benzene rings is 1. The number of carbonyl (C=O) groups excluding carboxylic acids is 1. The second kappa shape index (κ2) is 6.87. The van der Waals surface area contributed by atoms with Gasteiger partial charge in [0.25, 0.3) is 0 Å². The van der Waals surface area contributed by atoms with Crippen LogP contribution in [0.2, 0.25) is 0 Å².